The first-order valence-corrected chi connectivity index (χ1v) is 8.49. The van der Waals surface area contributed by atoms with Gasteiger partial charge < -0.3 is 20.5 Å². The lowest BCUT2D eigenvalue weighted by atomic mass is 9.51. The van der Waals surface area contributed by atoms with Gasteiger partial charge in [0, 0.05) is 30.7 Å². The van der Waals surface area contributed by atoms with Crippen LogP contribution >= 0.6 is 0 Å². The quantitative estimate of drug-likeness (QED) is 0.671. The van der Waals surface area contributed by atoms with Gasteiger partial charge in [-0.1, -0.05) is 6.42 Å². The lowest BCUT2D eigenvalue weighted by Gasteiger charge is -2.60. The van der Waals surface area contributed by atoms with Crippen molar-refractivity contribution in [3.8, 4) is 0 Å². The molecule has 5 nitrogen and oxygen atoms in total. The zero-order chi connectivity index (χ0) is 14.9. The summed E-state index contributed by atoms with van der Waals surface area (Å²) in [7, 11) is 0. The van der Waals surface area contributed by atoms with Crippen LogP contribution in [0.1, 0.15) is 51.9 Å². The summed E-state index contributed by atoms with van der Waals surface area (Å²) in [5.41, 5.74) is 0.208. The van der Waals surface area contributed by atoms with Gasteiger partial charge in [0.25, 0.3) is 0 Å². The molecule has 3 saturated carbocycles. The molecule has 0 unspecified atom stereocenters. The Morgan fingerprint density at radius 2 is 2.19 bits per heavy atom. The van der Waals surface area contributed by atoms with Crippen molar-refractivity contribution in [2.45, 2.75) is 70.1 Å². The smallest absolute Gasteiger partial charge is 0.315 e. The zero-order valence-electron chi connectivity index (χ0n) is 12.9. The Kier molecular flexibility index (Phi) is 4.41. The second kappa shape index (κ2) is 6.13. The van der Waals surface area contributed by atoms with Crippen LogP contribution in [0.4, 0.5) is 4.79 Å². The monoisotopic (exact) mass is 296 g/mol. The number of aliphatic hydroxyl groups is 1. The molecule has 21 heavy (non-hydrogen) atoms. The van der Waals surface area contributed by atoms with Crippen molar-refractivity contribution in [2.24, 2.45) is 11.3 Å². The highest BCUT2D eigenvalue weighted by molar-refractivity contribution is 5.75. The first kappa shape index (κ1) is 15.1. The maximum atomic E-state index is 12.2. The van der Waals surface area contributed by atoms with Crippen LogP contribution in [-0.4, -0.2) is 42.5 Å². The Morgan fingerprint density at radius 1 is 1.43 bits per heavy atom. The standard InChI is InChI=1S/C16H28N2O3/c1-2-21-14-10-13(16(14)7-3-8-16)18-15(20)17-12(6-9-19)11-4-5-11/h11-14,19H,2-10H2,1H3,(H2,17,18,20)/t12-,13-,14+/m0/s1. The summed E-state index contributed by atoms with van der Waals surface area (Å²) < 4.78 is 5.81. The van der Waals surface area contributed by atoms with Gasteiger partial charge in [-0.2, -0.15) is 0 Å². The summed E-state index contributed by atoms with van der Waals surface area (Å²) in [4.78, 5) is 12.2. The number of nitrogens with one attached hydrogen (secondary N) is 2. The highest BCUT2D eigenvalue weighted by Gasteiger charge is 2.59. The Hall–Kier alpha value is -0.810. The predicted octanol–water partition coefficient (Wildman–Crippen LogP) is 1.79. The van der Waals surface area contributed by atoms with Crippen LogP contribution in [-0.2, 0) is 4.74 Å². The number of hydrogen-bond acceptors (Lipinski definition) is 3. The normalized spacial score (nSPS) is 31.1. The summed E-state index contributed by atoms with van der Waals surface area (Å²) in [5, 5.41) is 15.3. The maximum absolute atomic E-state index is 12.2. The third-order valence-corrected chi connectivity index (χ3v) is 5.69. The van der Waals surface area contributed by atoms with Crippen molar-refractivity contribution in [1.29, 1.82) is 0 Å². The van der Waals surface area contributed by atoms with E-state index in [0.717, 1.165) is 13.0 Å². The molecule has 0 bridgehead atoms. The molecule has 0 aromatic rings. The van der Waals surface area contributed by atoms with Crippen molar-refractivity contribution in [3.05, 3.63) is 0 Å². The van der Waals surface area contributed by atoms with Crippen molar-refractivity contribution in [1.82, 2.24) is 10.6 Å². The number of urea groups is 1. The number of ether oxygens (including phenoxy) is 1. The highest BCUT2D eigenvalue weighted by Crippen LogP contribution is 2.57. The number of amides is 2. The molecule has 3 atom stereocenters. The van der Waals surface area contributed by atoms with Crippen LogP contribution in [0.3, 0.4) is 0 Å². The Bertz CT molecular complexity index is 380. The molecule has 1 spiro atoms. The van der Waals surface area contributed by atoms with Gasteiger partial charge in [-0.3, -0.25) is 0 Å². The van der Waals surface area contributed by atoms with Crippen molar-refractivity contribution < 1.29 is 14.6 Å². The van der Waals surface area contributed by atoms with Gasteiger partial charge in [0.1, 0.15) is 0 Å². The van der Waals surface area contributed by atoms with E-state index in [-0.39, 0.29) is 30.1 Å². The molecule has 0 radical (unpaired) electrons. The second-order valence-electron chi connectivity index (χ2n) is 6.89. The SMILES string of the molecule is CCO[C@@H]1C[C@H](NC(=O)N[C@@H](CCO)C2CC2)C12CCC2. The lowest BCUT2D eigenvalue weighted by molar-refractivity contribution is -0.169. The summed E-state index contributed by atoms with van der Waals surface area (Å²) in [6.45, 7) is 2.93. The number of aliphatic hydroxyl groups excluding tert-OH is 1. The molecular weight excluding hydrogens is 268 g/mol. The molecule has 3 aliphatic rings. The maximum Gasteiger partial charge on any atom is 0.315 e. The molecule has 0 aromatic carbocycles. The van der Waals surface area contributed by atoms with Crippen LogP contribution in [0.5, 0.6) is 0 Å². The fourth-order valence-corrected chi connectivity index (χ4v) is 4.07. The van der Waals surface area contributed by atoms with E-state index in [9.17, 15) is 4.79 Å². The van der Waals surface area contributed by atoms with E-state index in [2.05, 4.69) is 10.6 Å². The first-order valence-electron chi connectivity index (χ1n) is 8.49. The third-order valence-electron chi connectivity index (χ3n) is 5.69. The van der Waals surface area contributed by atoms with Crippen LogP contribution < -0.4 is 10.6 Å². The Balaban J connectivity index is 1.48. The molecular formula is C16H28N2O3. The molecule has 2 amide bonds. The van der Waals surface area contributed by atoms with Gasteiger partial charge in [-0.05, 0) is 51.4 Å². The van der Waals surface area contributed by atoms with Crippen molar-refractivity contribution in [3.63, 3.8) is 0 Å². The van der Waals surface area contributed by atoms with E-state index in [1.165, 1.54) is 32.1 Å². The Labute approximate surface area is 126 Å². The number of rotatable bonds is 7. The van der Waals surface area contributed by atoms with Gasteiger partial charge in [0.2, 0.25) is 0 Å². The molecule has 0 aliphatic heterocycles. The topological polar surface area (TPSA) is 70.6 Å². The number of hydrogen-bond donors (Lipinski definition) is 3. The zero-order valence-corrected chi connectivity index (χ0v) is 12.9. The van der Waals surface area contributed by atoms with Gasteiger partial charge in [-0.15, -0.1) is 0 Å². The van der Waals surface area contributed by atoms with E-state index < -0.39 is 0 Å². The summed E-state index contributed by atoms with van der Waals surface area (Å²) in [6, 6.07) is 0.332. The molecule has 120 valence electrons. The van der Waals surface area contributed by atoms with Gasteiger partial charge in [0.15, 0.2) is 0 Å². The minimum absolute atomic E-state index is 0.0634. The van der Waals surface area contributed by atoms with Crippen LogP contribution in [0.25, 0.3) is 0 Å². The Morgan fingerprint density at radius 3 is 2.71 bits per heavy atom. The summed E-state index contributed by atoms with van der Waals surface area (Å²) in [5.74, 6) is 0.568. The largest absolute Gasteiger partial charge is 0.396 e. The van der Waals surface area contributed by atoms with E-state index in [1.807, 2.05) is 6.92 Å². The van der Waals surface area contributed by atoms with E-state index in [1.54, 1.807) is 0 Å². The molecule has 0 aromatic heterocycles. The molecule has 0 heterocycles. The summed E-state index contributed by atoms with van der Waals surface area (Å²) in [6.07, 6.45) is 7.87. The van der Waals surface area contributed by atoms with Gasteiger partial charge in [0.05, 0.1) is 6.10 Å². The van der Waals surface area contributed by atoms with Crippen molar-refractivity contribution >= 4 is 6.03 Å². The molecule has 0 saturated heterocycles. The van der Waals surface area contributed by atoms with Crippen LogP contribution in [0.2, 0.25) is 0 Å². The van der Waals surface area contributed by atoms with Gasteiger partial charge >= 0.3 is 6.03 Å². The van der Waals surface area contributed by atoms with E-state index >= 15 is 0 Å². The average Bonchev–Trinajstić information content (AvgIpc) is 3.19. The highest BCUT2D eigenvalue weighted by atomic mass is 16.5. The molecule has 5 heteroatoms. The van der Waals surface area contributed by atoms with Crippen molar-refractivity contribution in [2.75, 3.05) is 13.2 Å². The minimum atomic E-state index is -0.0634. The molecule has 3 aliphatic carbocycles. The third kappa shape index (κ3) is 2.90. The lowest BCUT2D eigenvalue weighted by Crippen LogP contribution is -2.68. The van der Waals surface area contributed by atoms with Crippen LogP contribution in [0.15, 0.2) is 0 Å². The predicted molar refractivity (Wildman–Crippen MR) is 80.0 cm³/mol. The van der Waals surface area contributed by atoms with E-state index in [0.29, 0.717) is 18.4 Å². The number of carbonyl (C=O) groups is 1. The second-order valence-corrected chi connectivity index (χ2v) is 6.89. The molecule has 3 rings (SSSR count). The van der Waals surface area contributed by atoms with E-state index in [4.69, 9.17) is 9.84 Å². The fourth-order valence-electron chi connectivity index (χ4n) is 4.07. The fraction of sp³-hybridized carbons (Fsp3) is 0.938. The molecule has 3 N–H and O–H groups in total. The van der Waals surface area contributed by atoms with Crippen LogP contribution in [0, 0.1) is 11.3 Å². The first-order chi connectivity index (χ1) is 10.2. The summed E-state index contributed by atoms with van der Waals surface area (Å²) >= 11 is 0. The minimum Gasteiger partial charge on any atom is -0.396 e. The van der Waals surface area contributed by atoms with Gasteiger partial charge in [-0.25, -0.2) is 4.79 Å². The number of carbonyl (C=O) groups excluding carboxylic acids is 1. The average molecular weight is 296 g/mol. The molecule has 3 fully saturated rings.